The lowest BCUT2D eigenvalue weighted by Crippen LogP contribution is -2.14. The zero-order valence-electron chi connectivity index (χ0n) is 13.1. The molecule has 0 spiro atoms. The van der Waals surface area contributed by atoms with Gasteiger partial charge in [-0.25, -0.2) is 13.6 Å². The number of carbonyl (C=O) groups is 1. The van der Waals surface area contributed by atoms with E-state index < -0.39 is 19.0 Å². The van der Waals surface area contributed by atoms with E-state index in [0.717, 1.165) is 5.92 Å². The summed E-state index contributed by atoms with van der Waals surface area (Å²) < 4.78 is 28.6. The Bertz CT molecular complexity index is 462. The van der Waals surface area contributed by atoms with E-state index in [1.54, 1.807) is 12.1 Å². The molecular weight excluding hydrogens is 286 g/mol. The highest BCUT2D eigenvalue weighted by molar-refractivity contribution is 5.89. The lowest BCUT2D eigenvalue weighted by atomic mass is 9.77. The summed E-state index contributed by atoms with van der Waals surface area (Å²) >= 11 is 0. The summed E-state index contributed by atoms with van der Waals surface area (Å²) in [6, 6.07) is 7.23. The molecule has 22 heavy (non-hydrogen) atoms. The second-order valence-corrected chi connectivity index (χ2v) is 6.12. The molecule has 0 N–H and O–H groups in total. The number of hydrogen-bond donors (Lipinski definition) is 0. The van der Waals surface area contributed by atoms with Gasteiger partial charge in [-0.05, 0) is 55.2 Å². The van der Waals surface area contributed by atoms with Crippen LogP contribution < -0.4 is 0 Å². The summed E-state index contributed by atoms with van der Waals surface area (Å²) in [5.41, 5.74) is 1.57. The molecule has 1 aromatic rings. The largest absolute Gasteiger partial charge is 0.456 e. The Kier molecular flexibility index (Phi) is 6.34. The van der Waals surface area contributed by atoms with Crippen molar-refractivity contribution in [2.75, 3.05) is 6.61 Å². The van der Waals surface area contributed by atoms with Crippen molar-refractivity contribution in [3.05, 3.63) is 35.4 Å². The third-order valence-electron chi connectivity index (χ3n) is 4.50. The minimum atomic E-state index is -2.62. The fourth-order valence-corrected chi connectivity index (χ4v) is 3.31. The predicted molar refractivity (Wildman–Crippen MR) is 82.3 cm³/mol. The van der Waals surface area contributed by atoms with Gasteiger partial charge in [0.15, 0.2) is 6.61 Å². The van der Waals surface area contributed by atoms with E-state index in [2.05, 4.69) is 11.7 Å². The standard InChI is InChI=1S/C18H24F2O2/c1-2-3-13-4-6-14(7-5-13)15-8-10-16(11-9-15)18(21)22-12-17(19)20/h8-11,13-14,17H,2-7,12H2,1H3/t13-,14-. The molecule has 1 aliphatic rings. The van der Waals surface area contributed by atoms with Gasteiger partial charge in [-0.1, -0.05) is 31.9 Å². The first-order valence-electron chi connectivity index (χ1n) is 8.15. The number of halogens is 2. The second-order valence-electron chi connectivity index (χ2n) is 6.12. The van der Waals surface area contributed by atoms with Gasteiger partial charge in [-0.3, -0.25) is 0 Å². The number of esters is 1. The molecule has 0 heterocycles. The first-order valence-corrected chi connectivity index (χ1v) is 8.15. The lowest BCUT2D eigenvalue weighted by Gasteiger charge is -2.28. The molecule has 0 radical (unpaired) electrons. The van der Waals surface area contributed by atoms with Gasteiger partial charge in [0.2, 0.25) is 0 Å². The highest BCUT2D eigenvalue weighted by Crippen LogP contribution is 2.37. The third kappa shape index (κ3) is 4.79. The van der Waals surface area contributed by atoms with Crippen LogP contribution in [-0.2, 0) is 4.74 Å². The van der Waals surface area contributed by atoms with Crippen molar-refractivity contribution in [1.29, 1.82) is 0 Å². The van der Waals surface area contributed by atoms with Crippen LogP contribution in [0.15, 0.2) is 24.3 Å². The Labute approximate surface area is 130 Å². The summed E-state index contributed by atoms with van der Waals surface area (Å²) in [5.74, 6) is 0.739. The molecule has 0 aromatic heterocycles. The minimum Gasteiger partial charge on any atom is -0.456 e. The zero-order valence-corrected chi connectivity index (χ0v) is 13.1. The Morgan fingerprint density at radius 2 is 1.82 bits per heavy atom. The molecule has 0 saturated heterocycles. The summed E-state index contributed by atoms with van der Waals surface area (Å²) in [4.78, 5) is 11.6. The number of ether oxygens (including phenoxy) is 1. The molecule has 1 fully saturated rings. The predicted octanol–water partition coefficient (Wildman–Crippen LogP) is 5.18. The SMILES string of the molecule is CCC[C@H]1CC[C@H](c2ccc(C(=O)OCC(F)F)cc2)CC1. The summed E-state index contributed by atoms with van der Waals surface area (Å²) in [6.07, 6.45) is 4.89. The first-order chi connectivity index (χ1) is 10.6. The minimum absolute atomic E-state index is 0.337. The highest BCUT2D eigenvalue weighted by Gasteiger charge is 2.22. The Hall–Kier alpha value is -1.45. The number of benzene rings is 1. The molecule has 2 rings (SSSR count). The van der Waals surface area contributed by atoms with Gasteiger partial charge in [0.25, 0.3) is 6.43 Å². The van der Waals surface area contributed by atoms with Crippen molar-refractivity contribution in [2.24, 2.45) is 5.92 Å². The van der Waals surface area contributed by atoms with Crippen LogP contribution in [0.2, 0.25) is 0 Å². The van der Waals surface area contributed by atoms with E-state index in [1.165, 1.54) is 44.1 Å². The maximum absolute atomic E-state index is 12.0. The van der Waals surface area contributed by atoms with Crippen LogP contribution in [0, 0.1) is 5.92 Å². The van der Waals surface area contributed by atoms with Crippen molar-refractivity contribution in [2.45, 2.75) is 57.8 Å². The monoisotopic (exact) mass is 310 g/mol. The van der Waals surface area contributed by atoms with Gasteiger partial charge in [0.1, 0.15) is 0 Å². The Morgan fingerprint density at radius 3 is 2.36 bits per heavy atom. The molecule has 1 aliphatic carbocycles. The Balaban J connectivity index is 1.88. The van der Waals surface area contributed by atoms with Crippen molar-refractivity contribution in [3.8, 4) is 0 Å². The van der Waals surface area contributed by atoms with Crippen molar-refractivity contribution >= 4 is 5.97 Å². The van der Waals surface area contributed by atoms with E-state index in [0.29, 0.717) is 11.5 Å². The summed E-state index contributed by atoms with van der Waals surface area (Å²) in [7, 11) is 0. The van der Waals surface area contributed by atoms with Crippen molar-refractivity contribution < 1.29 is 18.3 Å². The lowest BCUT2D eigenvalue weighted by molar-refractivity contribution is 0.0160. The average Bonchev–Trinajstić information content (AvgIpc) is 2.54. The maximum Gasteiger partial charge on any atom is 0.338 e. The number of rotatable bonds is 6. The molecule has 1 aromatic carbocycles. The van der Waals surface area contributed by atoms with Crippen LogP contribution in [0.1, 0.15) is 67.3 Å². The Morgan fingerprint density at radius 1 is 1.18 bits per heavy atom. The van der Waals surface area contributed by atoms with Crippen LogP contribution >= 0.6 is 0 Å². The molecule has 0 unspecified atom stereocenters. The summed E-state index contributed by atoms with van der Waals surface area (Å²) in [5, 5.41) is 0. The van der Waals surface area contributed by atoms with Gasteiger partial charge in [0.05, 0.1) is 5.56 Å². The average molecular weight is 310 g/mol. The van der Waals surface area contributed by atoms with Crippen molar-refractivity contribution in [1.82, 2.24) is 0 Å². The quantitative estimate of drug-likeness (QED) is 0.676. The van der Waals surface area contributed by atoms with E-state index >= 15 is 0 Å². The highest BCUT2D eigenvalue weighted by atomic mass is 19.3. The van der Waals surface area contributed by atoms with Crippen LogP contribution in [0.25, 0.3) is 0 Å². The van der Waals surface area contributed by atoms with E-state index in [-0.39, 0.29) is 0 Å². The van der Waals surface area contributed by atoms with Gasteiger partial charge in [-0.2, -0.15) is 0 Å². The molecule has 122 valence electrons. The smallest absolute Gasteiger partial charge is 0.338 e. The molecule has 0 atom stereocenters. The summed E-state index contributed by atoms with van der Waals surface area (Å²) in [6.45, 7) is 1.39. The molecular formula is C18H24F2O2. The fraction of sp³-hybridized carbons (Fsp3) is 0.611. The molecule has 2 nitrogen and oxygen atoms in total. The van der Waals surface area contributed by atoms with E-state index in [1.807, 2.05) is 12.1 Å². The van der Waals surface area contributed by atoms with Gasteiger partial charge in [0, 0.05) is 0 Å². The molecule has 1 saturated carbocycles. The van der Waals surface area contributed by atoms with Crippen LogP contribution in [0.4, 0.5) is 8.78 Å². The fourth-order valence-electron chi connectivity index (χ4n) is 3.31. The second kappa shape index (κ2) is 8.25. The van der Waals surface area contributed by atoms with Crippen molar-refractivity contribution in [3.63, 3.8) is 0 Å². The number of hydrogen-bond acceptors (Lipinski definition) is 2. The molecule has 0 amide bonds. The van der Waals surface area contributed by atoms with Gasteiger partial charge < -0.3 is 4.74 Å². The first kappa shape index (κ1) is 16.9. The molecule has 4 heteroatoms. The molecule has 0 bridgehead atoms. The van der Waals surface area contributed by atoms with Crippen LogP contribution in [0.3, 0.4) is 0 Å². The maximum atomic E-state index is 12.0. The van der Waals surface area contributed by atoms with Crippen LogP contribution in [0.5, 0.6) is 0 Å². The van der Waals surface area contributed by atoms with E-state index in [4.69, 9.17) is 0 Å². The number of carbonyl (C=O) groups excluding carboxylic acids is 1. The zero-order chi connectivity index (χ0) is 15.9. The van der Waals surface area contributed by atoms with Gasteiger partial charge >= 0.3 is 5.97 Å². The topological polar surface area (TPSA) is 26.3 Å². The van der Waals surface area contributed by atoms with Crippen LogP contribution in [-0.4, -0.2) is 19.0 Å². The molecule has 0 aliphatic heterocycles. The normalized spacial score (nSPS) is 21.8. The van der Waals surface area contributed by atoms with E-state index in [9.17, 15) is 13.6 Å². The third-order valence-corrected chi connectivity index (χ3v) is 4.50. The number of alkyl halides is 2. The van der Waals surface area contributed by atoms with Gasteiger partial charge in [-0.15, -0.1) is 0 Å².